The van der Waals surface area contributed by atoms with Gasteiger partial charge in [0.2, 0.25) is 0 Å². The fraction of sp³-hybridized carbons (Fsp3) is 0.423. The van der Waals surface area contributed by atoms with Gasteiger partial charge in [-0.15, -0.1) is 0 Å². The predicted octanol–water partition coefficient (Wildman–Crippen LogP) is 4.13. The number of methoxy groups -OCH3 is 1. The van der Waals surface area contributed by atoms with Gasteiger partial charge in [0.25, 0.3) is 0 Å². The van der Waals surface area contributed by atoms with Crippen molar-refractivity contribution in [3.05, 3.63) is 74.6 Å². The lowest BCUT2D eigenvalue weighted by atomic mass is 9.80. The molecule has 1 aliphatic heterocycles. The number of ether oxygens (including phenoxy) is 3. The summed E-state index contributed by atoms with van der Waals surface area (Å²) >= 11 is 6.53. The highest BCUT2D eigenvalue weighted by atomic mass is 35.5. The first-order valence-electron chi connectivity index (χ1n) is 11.5. The predicted molar refractivity (Wildman–Crippen MR) is 133 cm³/mol. The number of hydrogen-bond acceptors (Lipinski definition) is 7. The van der Waals surface area contributed by atoms with Gasteiger partial charge in [0.1, 0.15) is 5.82 Å². The van der Waals surface area contributed by atoms with Crippen LogP contribution < -0.4 is 5.32 Å². The highest BCUT2D eigenvalue weighted by Gasteiger charge is 2.39. The van der Waals surface area contributed by atoms with E-state index in [-0.39, 0.29) is 18.8 Å². The van der Waals surface area contributed by atoms with E-state index in [4.69, 9.17) is 25.8 Å². The van der Waals surface area contributed by atoms with Crippen molar-refractivity contribution in [3.8, 4) is 0 Å². The summed E-state index contributed by atoms with van der Waals surface area (Å²) in [5, 5.41) is 3.61. The second-order valence-corrected chi connectivity index (χ2v) is 8.66. The number of esters is 2. The van der Waals surface area contributed by atoms with Gasteiger partial charge < -0.3 is 24.1 Å². The first-order chi connectivity index (χ1) is 16.7. The molecule has 1 aliphatic rings. The maximum Gasteiger partial charge on any atom is 0.336 e. The molecule has 0 unspecified atom stereocenters. The second kappa shape index (κ2) is 11.6. The Balaban J connectivity index is 1.97. The van der Waals surface area contributed by atoms with E-state index in [1.54, 1.807) is 32.0 Å². The van der Waals surface area contributed by atoms with Crippen LogP contribution in [0.4, 0.5) is 0 Å². The number of rotatable bonds is 9. The molecule has 0 saturated heterocycles. The summed E-state index contributed by atoms with van der Waals surface area (Å²) in [6.45, 7) is 10.8. The van der Waals surface area contributed by atoms with Crippen LogP contribution in [0.5, 0.6) is 0 Å². The summed E-state index contributed by atoms with van der Waals surface area (Å²) in [7, 11) is 1.31. The normalized spacial score (nSPS) is 15.8. The van der Waals surface area contributed by atoms with Crippen molar-refractivity contribution in [1.29, 1.82) is 0 Å². The molecule has 2 heterocycles. The minimum Gasteiger partial charge on any atom is -0.466 e. The molecule has 1 atom stereocenters. The van der Waals surface area contributed by atoms with Crippen LogP contribution in [0, 0.1) is 20.8 Å². The van der Waals surface area contributed by atoms with E-state index >= 15 is 0 Å². The molecular formula is C26H32ClN3O5. The lowest BCUT2D eigenvalue weighted by molar-refractivity contribution is -0.139. The van der Waals surface area contributed by atoms with E-state index in [0.29, 0.717) is 40.7 Å². The molecular weight excluding hydrogens is 470 g/mol. The zero-order valence-electron chi connectivity index (χ0n) is 21.0. The molecule has 3 rings (SSSR count). The summed E-state index contributed by atoms with van der Waals surface area (Å²) in [5.41, 5.74) is 4.34. The summed E-state index contributed by atoms with van der Waals surface area (Å²) in [6, 6.07) is 7.12. The molecule has 0 fully saturated rings. The molecule has 2 aromatic rings. The minimum absolute atomic E-state index is 0.118. The van der Waals surface area contributed by atoms with Gasteiger partial charge >= 0.3 is 11.9 Å². The van der Waals surface area contributed by atoms with Crippen LogP contribution in [0.25, 0.3) is 0 Å². The molecule has 1 aromatic carbocycles. The van der Waals surface area contributed by atoms with Gasteiger partial charge in [0.05, 0.1) is 55.4 Å². The fourth-order valence-electron chi connectivity index (χ4n) is 4.34. The van der Waals surface area contributed by atoms with Crippen molar-refractivity contribution < 1.29 is 23.8 Å². The van der Waals surface area contributed by atoms with Crippen LogP contribution in [0.1, 0.15) is 42.5 Å². The molecule has 188 valence electrons. The third-order valence-electron chi connectivity index (χ3n) is 6.12. The Labute approximate surface area is 210 Å². The number of halogens is 1. The quantitative estimate of drug-likeness (QED) is 0.408. The highest BCUT2D eigenvalue weighted by molar-refractivity contribution is 6.31. The van der Waals surface area contributed by atoms with E-state index in [9.17, 15) is 9.59 Å². The van der Waals surface area contributed by atoms with Crippen molar-refractivity contribution >= 4 is 23.5 Å². The number of carbonyl (C=O) groups excluding carboxylic acids is 2. The van der Waals surface area contributed by atoms with E-state index in [1.165, 1.54) is 7.11 Å². The molecule has 9 heteroatoms. The van der Waals surface area contributed by atoms with E-state index in [2.05, 4.69) is 14.9 Å². The van der Waals surface area contributed by atoms with Crippen LogP contribution in [-0.4, -0.2) is 48.4 Å². The number of aryl methyl sites for hydroxylation is 2. The van der Waals surface area contributed by atoms with Gasteiger partial charge in [-0.2, -0.15) is 0 Å². The zero-order chi connectivity index (χ0) is 25.7. The average molecular weight is 502 g/mol. The monoisotopic (exact) mass is 501 g/mol. The Bertz CT molecular complexity index is 1180. The first kappa shape index (κ1) is 26.5. The summed E-state index contributed by atoms with van der Waals surface area (Å²) < 4.78 is 18.5. The first-order valence-corrected chi connectivity index (χ1v) is 11.9. The molecule has 0 bridgehead atoms. The average Bonchev–Trinajstić information content (AvgIpc) is 3.07. The lowest BCUT2D eigenvalue weighted by Crippen LogP contribution is -2.35. The molecule has 35 heavy (non-hydrogen) atoms. The summed E-state index contributed by atoms with van der Waals surface area (Å²) in [5.74, 6) is -0.945. The van der Waals surface area contributed by atoms with Crippen LogP contribution in [0.2, 0.25) is 5.02 Å². The third kappa shape index (κ3) is 5.60. The summed E-state index contributed by atoms with van der Waals surface area (Å²) in [6.07, 6.45) is 0. The van der Waals surface area contributed by atoms with Gasteiger partial charge in [-0.3, -0.25) is 0 Å². The topological polar surface area (TPSA) is 91.7 Å². The molecule has 0 aliphatic carbocycles. The van der Waals surface area contributed by atoms with Gasteiger partial charge in [0, 0.05) is 23.0 Å². The zero-order valence-corrected chi connectivity index (χ0v) is 21.8. The molecule has 1 N–H and O–H groups in total. The SMILES string of the molecule is CCOC(=O)C1=C(COCCn2c(C)nc(C)c2C)NC(C)=C(C(=O)OC)[C@H]1c1ccccc1Cl. The largest absolute Gasteiger partial charge is 0.466 e. The number of hydrogen-bond donors (Lipinski definition) is 1. The number of nitrogens with zero attached hydrogens (tertiary/aromatic N) is 2. The Morgan fingerprint density at radius 3 is 2.43 bits per heavy atom. The standard InChI is InChI=1S/C26H32ClN3O5/c1-7-35-26(32)24-21(14-34-13-12-30-17(4)15(2)28-18(30)5)29-16(3)22(25(31)33-6)23(24)19-10-8-9-11-20(19)27/h8-11,23,29H,7,12-14H2,1-6H3/t23-/m1/s1. The number of nitrogens with one attached hydrogen (secondary N) is 1. The number of imidazole rings is 1. The maximum atomic E-state index is 13.2. The number of carbonyl (C=O) groups is 2. The Kier molecular flexibility index (Phi) is 8.75. The highest BCUT2D eigenvalue weighted by Crippen LogP contribution is 2.41. The smallest absolute Gasteiger partial charge is 0.336 e. The van der Waals surface area contributed by atoms with Crippen LogP contribution in [-0.2, 0) is 30.3 Å². The van der Waals surface area contributed by atoms with E-state index in [1.807, 2.05) is 26.8 Å². The Morgan fingerprint density at radius 1 is 1.11 bits per heavy atom. The number of allylic oxidation sites excluding steroid dienone is 1. The molecule has 8 nitrogen and oxygen atoms in total. The van der Waals surface area contributed by atoms with E-state index in [0.717, 1.165) is 17.2 Å². The fourth-order valence-corrected chi connectivity index (χ4v) is 4.59. The lowest BCUT2D eigenvalue weighted by Gasteiger charge is -2.31. The van der Waals surface area contributed by atoms with Crippen molar-refractivity contribution in [2.24, 2.45) is 0 Å². The van der Waals surface area contributed by atoms with Gasteiger partial charge in [-0.25, -0.2) is 14.6 Å². The molecule has 0 saturated carbocycles. The molecule has 1 aromatic heterocycles. The van der Waals surface area contributed by atoms with Crippen molar-refractivity contribution in [2.75, 3.05) is 26.9 Å². The van der Waals surface area contributed by atoms with Crippen molar-refractivity contribution in [2.45, 2.75) is 47.1 Å². The van der Waals surface area contributed by atoms with Gasteiger partial charge in [-0.1, -0.05) is 29.8 Å². The molecule has 0 radical (unpaired) electrons. The van der Waals surface area contributed by atoms with Crippen molar-refractivity contribution in [3.63, 3.8) is 0 Å². The number of dihydropyridines is 1. The number of benzene rings is 1. The maximum absolute atomic E-state index is 13.2. The van der Waals surface area contributed by atoms with Crippen molar-refractivity contribution in [1.82, 2.24) is 14.9 Å². The van der Waals surface area contributed by atoms with E-state index < -0.39 is 17.9 Å². The van der Waals surface area contributed by atoms with Gasteiger partial charge in [-0.05, 0) is 46.2 Å². The van der Waals surface area contributed by atoms with Crippen LogP contribution >= 0.6 is 11.6 Å². The summed E-state index contributed by atoms with van der Waals surface area (Å²) in [4.78, 5) is 30.5. The van der Waals surface area contributed by atoms with Crippen LogP contribution in [0.15, 0.2) is 46.8 Å². The van der Waals surface area contributed by atoms with Crippen LogP contribution in [0.3, 0.4) is 0 Å². The Hall–Kier alpha value is -3.10. The number of aromatic nitrogens is 2. The van der Waals surface area contributed by atoms with Gasteiger partial charge in [0.15, 0.2) is 0 Å². The minimum atomic E-state index is -0.768. The molecule has 0 amide bonds. The molecule has 0 spiro atoms. The Morgan fingerprint density at radius 2 is 1.83 bits per heavy atom. The second-order valence-electron chi connectivity index (χ2n) is 8.26. The third-order valence-corrected chi connectivity index (χ3v) is 6.46.